The smallest absolute Gasteiger partial charge is 0.261 e. The number of piperazine rings is 1. The average Bonchev–Trinajstić information content (AvgIpc) is 3.08. The van der Waals surface area contributed by atoms with Crippen molar-refractivity contribution < 1.29 is 8.42 Å². The Morgan fingerprint density at radius 2 is 2.05 bits per heavy atom. The van der Waals surface area contributed by atoms with E-state index in [1.807, 2.05) is 0 Å². The zero-order valence-electron chi connectivity index (χ0n) is 12.0. The van der Waals surface area contributed by atoms with Gasteiger partial charge >= 0.3 is 0 Å². The van der Waals surface area contributed by atoms with E-state index in [0.29, 0.717) is 19.1 Å². The first-order chi connectivity index (χ1) is 10.00. The van der Waals surface area contributed by atoms with Crippen molar-refractivity contribution in [3.05, 3.63) is 11.2 Å². The third kappa shape index (κ3) is 2.83. The van der Waals surface area contributed by atoms with Gasteiger partial charge in [0.05, 0.1) is 11.2 Å². The summed E-state index contributed by atoms with van der Waals surface area (Å²) in [4.78, 5) is 2.37. The van der Waals surface area contributed by atoms with Crippen LogP contribution in [-0.4, -0.2) is 72.7 Å². The molecule has 1 unspecified atom stereocenters. The molecule has 0 aliphatic carbocycles. The number of aromatic nitrogens is 2. The average molecular weight is 334 g/mol. The molecular formula is C12H20ClN5O2S. The number of rotatable bonds is 3. The van der Waals surface area contributed by atoms with Crippen LogP contribution in [0.4, 0.5) is 0 Å². The van der Waals surface area contributed by atoms with Gasteiger partial charge in [0.15, 0.2) is 5.03 Å². The van der Waals surface area contributed by atoms with Gasteiger partial charge in [-0.05, 0) is 6.42 Å². The van der Waals surface area contributed by atoms with Crippen LogP contribution in [0.3, 0.4) is 0 Å². The number of hydrogen-bond donors (Lipinski definition) is 1. The lowest BCUT2D eigenvalue weighted by Crippen LogP contribution is -2.49. The molecule has 2 fully saturated rings. The summed E-state index contributed by atoms with van der Waals surface area (Å²) in [6.45, 7) is 4.96. The minimum absolute atomic E-state index is 0.0881. The van der Waals surface area contributed by atoms with Crippen molar-refractivity contribution in [2.45, 2.75) is 17.5 Å². The fourth-order valence-corrected chi connectivity index (χ4v) is 5.18. The van der Waals surface area contributed by atoms with E-state index >= 15 is 0 Å². The summed E-state index contributed by atoms with van der Waals surface area (Å²) in [7, 11) is -1.97. The molecule has 1 aromatic rings. The molecule has 0 aromatic carbocycles. The molecule has 0 spiro atoms. The van der Waals surface area contributed by atoms with E-state index in [-0.39, 0.29) is 10.0 Å². The summed E-state index contributed by atoms with van der Waals surface area (Å²) in [6.07, 6.45) is 2.24. The summed E-state index contributed by atoms with van der Waals surface area (Å²) < 4.78 is 28.3. The largest absolute Gasteiger partial charge is 0.314 e. The maximum absolute atomic E-state index is 12.7. The highest BCUT2D eigenvalue weighted by Gasteiger charge is 2.37. The molecule has 0 saturated carbocycles. The molecule has 2 saturated heterocycles. The predicted octanol–water partition coefficient (Wildman–Crippen LogP) is -0.258. The molecule has 0 amide bonds. The van der Waals surface area contributed by atoms with Gasteiger partial charge in [-0.15, -0.1) is 0 Å². The third-order valence-corrected chi connectivity index (χ3v) is 6.59. The number of nitrogens with zero attached hydrogens (tertiary/aromatic N) is 4. The Bertz CT molecular complexity index is 592. The van der Waals surface area contributed by atoms with E-state index in [9.17, 15) is 8.42 Å². The predicted molar refractivity (Wildman–Crippen MR) is 79.8 cm³/mol. The van der Waals surface area contributed by atoms with E-state index in [4.69, 9.17) is 11.6 Å². The molecule has 21 heavy (non-hydrogen) atoms. The first-order valence-electron chi connectivity index (χ1n) is 7.12. The van der Waals surface area contributed by atoms with Gasteiger partial charge in [0.2, 0.25) is 0 Å². The summed E-state index contributed by atoms with van der Waals surface area (Å²) in [5.41, 5.74) is 0. The standard InChI is InChI=1S/C12H20ClN5O2S/c1-16-12(11(13)8-15-16)21(19,20)18-5-2-10(9-18)17-6-3-14-4-7-17/h8,10,14H,2-7,9H2,1H3. The first kappa shape index (κ1) is 15.2. The Morgan fingerprint density at radius 1 is 1.33 bits per heavy atom. The molecule has 0 bridgehead atoms. The van der Waals surface area contributed by atoms with Crippen molar-refractivity contribution in [2.24, 2.45) is 7.05 Å². The third-order valence-electron chi connectivity index (χ3n) is 4.22. The summed E-state index contributed by atoms with van der Waals surface area (Å²) in [5, 5.41) is 7.51. The normalized spacial score (nSPS) is 25.5. The summed E-state index contributed by atoms with van der Waals surface area (Å²) in [6, 6.07) is 0.300. The summed E-state index contributed by atoms with van der Waals surface area (Å²) in [5.74, 6) is 0. The molecule has 2 aliphatic rings. The molecule has 7 nitrogen and oxygen atoms in total. The highest BCUT2D eigenvalue weighted by atomic mass is 35.5. The van der Waals surface area contributed by atoms with Crippen molar-refractivity contribution >= 4 is 21.6 Å². The Balaban J connectivity index is 1.76. The molecule has 9 heteroatoms. The molecular weight excluding hydrogens is 314 g/mol. The molecule has 0 radical (unpaired) electrons. The van der Waals surface area contributed by atoms with Crippen LogP contribution in [0, 0.1) is 0 Å². The Kier molecular flexibility index (Phi) is 4.24. The van der Waals surface area contributed by atoms with E-state index in [1.165, 1.54) is 15.2 Å². The minimum Gasteiger partial charge on any atom is -0.314 e. The lowest BCUT2D eigenvalue weighted by atomic mass is 10.2. The van der Waals surface area contributed by atoms with Crippen LogP contribution in [0.25, 0.3) is 0 Å². The van der Waals surface area contributed by atoms with Crippen LogP contribution in [0.5, 0.6) is 0 Å². The van der Waals surface area contributed by atoms with Gasteiger partial charge < -0.3 is 5.32 Å². The number of halogens is 1. The number of sulfonamides is 1. The van der Waals surface area contributed by atoms with Crippen LogP contribution < -0.4 is 5.32 Å². The monoisotopic (exact) mass is 333 g/mol. The van der Waals surface area contributed by atoms with Gasteiger partial charge in [0.25, 0.3) is 10.0 Å². The topological polar surface area (TPSA) is 70.5 Å². The maximum atomic E-state index is 12.7. The molecule has 3 rings (SSSR count). The number of nitrogens with one attached hydrogen (secondary N) is 1. The summed E-state index contributed by atoms with van der Waals surface area (Å²) >= 11 is 5.99. The van der Waals surface area contributed by atoms with Gasteiger partial charge in [-0.25, -0.2) is 8.42 Å². The van der Waals surface area contributed by atoms with Crippen molar-refractivity contribution in [3.63, 3.8) is 0 Å². The minimum atomic E-state index is -3.57. The highest BCUT2D eigenvalue weighted by molar-refractivity contribution is 7.89. The molecule has 3 heterocycles. The second-order valence-electron chi connectivity index (χ2n) is 5.51. The Hall–Kier alpha value is -0.670. The lowest BCUT2D eigenvalue weighted by molar-refractivity contribution is 0.179. The van der Waals surface area contributed by atoms with Gasteiger partial charge in [0.1, 0.15) is 0 Å². The van der Waals surface area contributed by atoms with Crippen LogP contribution in [0.15, 0.2) is 11.2 Å². The maximum Gasteiger partial charge on any atom is 0.261 e. The second-order valence-corrected chi connectivity index (χ2v) is 7.77. The van der Waals surface area contributed by atoms with Crippen molar-refractivity contribution in [1.82, 2.24) is 24.3 Å². The van der Waals surface area contributed by atoms with E-state index in [1.54, 1.807) is 7.05 Å². The fourth-order valence-electron chi connectivity index (χ4n) is 3.09. The highest BCUT2D eigenvalue weighted by Crippen LogP contribution is 2.27. The molecule has 1 atom stereocenters. The van der Waals surface area contributed by atoms with Gasteiger partial charge in [-0.2, -0.15) is 9.40 Å². The SMILES string of the molecule is Cn1ncc(Cl)c1S(=O)(=O)N1CCC(N2CCNCC2)C1. The van der Waals surface area contributed by atoms with Crippen molar-refractivity contribution in [2.75, 3.05) is 39.3 Å². The number of aryl methyl sites for hydroxylation is 1. The Morgan fingerprint density at radius 3 is 2.67 bits per heavy atom. The van der Waals surface area contributed by atoms with Crippen molar-refractivity contribution in [3.8, 4) is 0 Å². The lowest BCUT2D eigenvalue weighted by Gasteiger charge is -2.32. The quantitative estimate of drug-likeness (QED) is 0.825. The van der Waals surface area contributed by atoms with Gasteiger partial charge in [-0.1, -0.05) is 11.6 Å². The molecule has 2 aliphatic heterocycles. The van der Waals surface area contributed by atoms with Crippen LogP contribution in [0.2, 0.25) is 5.02 Å². The van der Waals surface area contributed by atoms with Crippen LogP contribution in [0.1, 0.15) is 6.42 Å². The van der Waals surface area contributed by atoms with E-state index in [0.717, 1.165) is 32.6 Å². The molecule has 1 N–H and O–H groups in total. The zero-order chi connectivity index (χ0) is 15.0. The molecule has 1 aromatic heterocycles. The van der Waals surface area contributed by atoms with Crippen LogP contribution >= 0.6 is 11.6 Å². The second kappa shape index (κ2) is 5.85. The molecule has 118 valence electrons. The zero-order valence-corrected chi connectivity index (χ0v) is 13.6. The van der Waals surface area contributed by atoms with Crippen molar-refractivity contribution in [1.29, 1.82) is 0 Å². The Labute approximate surface area is 129 Å². The van der Waals surface area contributed by atoms with E-state index in [2.05, 4.69) is 15.3 Å². The van der Waals surface area contributed by atoms with E-state index < -0.39 is 10.0 Å². The van der Waals surface area contributed by atoms with Gasteiger partial charge in [-0.3, -0.25) is 9.58 Å². The van der Waals surface area contributed by atoms with Gasteiger partial charge in [0, 0.05) is 52.4 Å². The number of hydrogen-bond acceptors (Lipinski definition) is 5. The van der Waals surface area contributed by atoms with Crippen LogP contribution in [-0.2, 0) is 17.1 Å². The first-order valence-corrected chi connectivity index (χ1v) is 8.94. The fraction of sp³-hybridized carbons (Fsp3) is 0.750.